The average Bonchev–Trinajstić information content (AvgIpc) is 3.88. The number of hydrogen-bond donors (Lipinski definition) is 2. The Morgan fingerprint density at radius 1 is 0.400 bits per heavy atom. The second-order valence-electron chi connectivity index (χ2n) is 12.7. The summed E-state index contributed by atoms with van der Waals surface area (Å²) in [6.45, 7) is 18.5. The van der Waals surface area contributed by atoms with Crippen molar-refractivity contribution in [3.05, 3.63) is 69.3 Å². The second kappa shape index (κ2) is 15.7. The summed E-state index contributed by atoms with van der Waals surface area (Å²) in [6.07, 6.45) is 17.7. The molecule has 5 heterocycles. The van der Waals surface area contributed by atoms with Crippen LogP contribution in [0, 0.1) is 0 Å². The number of fused-ring (bicyclic) bond motifs is 8. The van der Waals surface area contributed by atoms with Crippen LogP contribution in [-0.2, 0) is 20.4 Å². The SMILES string of the molecule is CCC(CC)c1c2nc(c(C(CC)CC)c3ccc([nH]3)c(C(CC)CC)c3ccc([nH]3)c(C(CC)CC)c3nc1C=C3)C=C2.[Pd+2]. The van der Waals surface area contributed by atoms with E-state index < -0.39 is 0 Å². The van der Waals surface area contributed by atoms with Crippen molar-refractivity contribution in [2.75, 3.05) is 0 Å². The van der Waals surface area contributed by atoms with E-state index in [1.165, 1.54) is 44.3 Å². The van der Waals surface area contributed by atoms with Crippen LogP contribution in [0.25, 0.3) is 46.4 Å². The quantitative estimate of drug-likeness (QED) is 0.128. The van der Waals surface area contributed by atoms with Crippen LogP contribution in [0.4, 0.5) is 0 Å². The molecule has 0 spiro atoms. The number of nitrogens with one attached hydrogen (secondary N) is 2. The van der Waals surface area contributed by atoms with Crippen LogP contribution in [0.5, 0.6) is 0 Å². The van der Waals surface area contributed by atoms with Crippen molar-refractivity contribution in [1.82, 2.24) is 19.9 Å². The monoisotopic (exact) mass is 696 g/mol. The number of nitrogens with zero attached hydrogens (tertiary/aromatic N) is 2. The molecule has 0 fully saturated rings. The van der Waals surface area contributed by atoms with Gasteiger partial charge in [-0.15, -0.1) is 0 Å². The van der Waals surface area contributed by atoms with Gasteiger partial charge in [0.1, 0.15) is 0 Å². The minimum Gasteiger partial charge on any atom is -0.355 e. The van der Waals surface area contributed by atoms with Crippen molar-refractivity contribution in [3.63, 3.8) is 0 Å². The molecular weight excluding hydrogens is 643 g/mol. The molecule has 45 heavy (non-hydrogen) atoms. The van der Waals surface area contributed by atoms with Gasteiger partial charge in [-0.3, -0.25) is 0 Å². The molecular formula is C40H54N4Pd+2. The van der Waals surface area contributed by atoms with Crippen molar-refractivity contribution < 1.29 is 20.4 Å². The first kappa shape index (κ1) is 35.1. The van der Waals surface area contributed by atoms with Gasteiger partial charge in [0.05, 0.1) is 22.8 Å². The van der Waals surface area contributed by atoms with Crippen molar-refractivity contribution in [1.29, 1.82) is 0 Å². The average molecular weight is 697 g/mol. The van der Waals surface area contributed by atoms with E-state index in [1.807, 2.05) is 0 Å². The van der Waals surface area contributed by atoms with Crippen LogP contribution in [0.1, 0.15) is 175 Å². The Morgan fingerprint density at radius 3 is 0.956 bits per heavy atom. The summed E-state index contributed by atoms with van der Waals surface area (Å²) >= 11 is 0. The van der Waals surface area contributed by atoms with Crippen LogP contribution in [0.2, 0.25) is 0 Å². The van der Waals surface area contributed by atoms with Gasteiger partial charge in [-0.05, 0) is 124 Å². The predicted molar refractivity (Wildman–Crippen MR) is 192 cm³/mol. The van der Waals surface area contributed by atoms with Gasteiger partial charge < -0.3 is 9.97 Å². The van der Waals surface area contributed by atoms with E-state index in [4.69, 9.17) is 9.97 Å². The zero-order chi connectivity index (χ0) is 31.4. The minimum absolute atomic E-state index is 0. The van der Waals surface area contributed by atoms with Crippen molar-refractivity contribution in [3.8, 4) is 0 Å². The van der Waals surface area contributed by atoms with Crippen molar-refractivity contribution in [2.24, 2.45) is 0 Å². The summed E-state index contributed by atoms with van der Waals surface area (Å²) in [6, 6.07) is 9.23. The molecule has 2 N–H and O–H groups in total. The fraction of sp³-hybridized carbons (Fsp3) is 0.500. The third-order valence-electron chi connectivity index (χ3n) is 10.5. The van der Waals surface area contributed by atoms with E-state index in [1.54, 1.807) is 0 Å². The van der Waals surface area contributed by atoms with E-state index in [0.717, 1.165) is 74.1 Å². The molecule has 242 valence electrons. The molecule has 0 atom stereocenters. The molecule has 0 unspecified atom stereocenters. The zero-order valence-electron chi connectivity index (χ0n) is 28.8. The molecule has 0 saturated heterocycles. The number of rotatable bonds is 12. The van der Waals surface area contributed by atoms with Crippen LogP contribution in [0.3, 0.4) is 0 Å². The Kier molecular flexibility index (Phi) is 12.3. The van der Waals surface area contributed by atoms with Gasteiger partial charge in [-0.1, -0.05) is 55.4 Å². The Morgan fingerprint density at radius 2 is 0.644 bits per heavy atom. The maximum atomic E-state index is 5.43. The van der Waals surface area contributed by atoms with E-state index in [-0.39, 0.29) is 20.4 Å². The molecule has 3 aromatic heterocycles. The fourth-order valence-corrected chi connectivity index (χ4v) is 7.80. The normalized spacial score (nSPS) is 12.7. The largest absolute Gasteiger partial charge is 2.00 e. The summed E-state index contributed by atoms with van der Waals surface area (Å²) in [5.74, 6) is 1.70. The fourth-order valence-electron chi connectivity index (χ4n) is 7.80. The van der Waals surface area contributed by atoms with E-state index in [2.05, 4.69) is 114 Å². The molecule has 5 rings (SSSR count). The summed E-state index contributed by atoms with van der Waals surface area (Å²) in [5, 5.41) is 0. The first-order chi connectivity index (χ1) is 21.5. The molecule has 0 aromatic carbocycles. The van der Waals surface area contributed by atoms with Crippen LogP contribution in [-0.4, -0.2) is 19.9 Å². The number of hydrogen-bond acceptors (Lipinski definition) is 2. The van der Waals surface area contributed by atoms with Crippen molar-refractivity contribution in [2.45, 2.75) is 130 Å². The summed E-state index contributed by atoms with van der Waals surface area (Å²) in [5.41, 5.74) is 14.5. The second-order valence-corrected chi connectivity index (χ2v) is 12.7. The molecule has 0 radical (unpaired) electrons. The molecule has 2 aliphatic rings. The van der Waals surface area contributed by atoms with Crippen LogP contribution in [0.15, 0.2) is 24.3 Å². The van der Waals surface area contributed by atoms with Gasteiger partial charge in [-0.25, -0.2) is 9.97 Å². The van der Waals surface area contributed by atoms with Gasteiger partial charge in [0.25, 0.3) is 0 Å². The van der Waals surface area contributed by atoms with Gasteiger partial charge >= 0.3 is 20.4 Å². The van der Waals surface area contributed by atoms with Crippen LogP contribution >= 0.6 is 0 Å². The Balaban J connectivity index is 0.00000461. The standard InChI is InChI=1S/C40H54N4.Pd/c1-9-25(10-2)37-29-17-19-31(41-29)38(26(11-3)12-4)33-21-23-35(43-33)40(28(15-7)16-8)36-24-22-34(44-36)39(27(13-5)14-6)32-20-18-30(37)42-32;/h17-28,41-42H,9-16H2,1-8H3;/q;+2. The van der Waals surface area contributed by atoms with Gasteiger partial charge in [-0.2, -0.15) is 0 Å². The number of aromatic nitrogens is 4. The van der Waals surface area contributed by atoms with Gasteiger partial charge in [0, 0.05) is 44.3 Å². The molecule has 3 aromatic rings. The molecule has 0 amide bonds. The third-order valence-corrected chi connectivity index (χ3v) is 10.5. The first-order valence-corrected chi connectivity index (χ1v) is 17.6. The summed E-state index contributed by atoms with van der Waals surface area (Å²) in [7, 11) is 0. The molecule has 8 bridgehead atoms. The van der Waals surface area contributed by atoms with Crippen LogP contribution < -0.4 is 0 Å². The Labute approximate surface area is 285 Å². The molecule has 2 aliphatic heterocycles. The maximum absolute atomic E-state index is 5.43. The third kappa shape index (κ3) is 6.72. The smallest absolute Gasteiger partial charge is 0.355 e. The molecule has 0 aliphatic carbocycles. The predicted octanol–water partition coefficient (Wildman–Crippen LogP) is 12.3. The molecule has 0 saturated carbocycles. The summed E-state index contributed by atoms with van der Waals surface area (Å²) < 4.78 is 0. The van der Waals surface area contributed by atoms with Gasteiger partial charge in [0.15, 0.2) is 0 Å². The maximum Gasteiger partial charge on any atom is 2.00 e. The summed E-state index contributed by atoms with van der Waals surface area (Å²) in [4.78, 5) is 18.8. The topological polar surface area (TPSA) is 57.4 Å². The number of aromatic amines is 2. The molecule has 5 heteroatoms. The van der Waals surface area contributed by atoms with E-state index >= 15 is 0 Å². The van der Waals surface area contributed by atoms with E-state index in [9.17, 15) is 0 Å². The van der Waals surface area contributed by atoms with Crippen molar-refractivity contribution >= 4 is 46.4 Å². The minimum atomic E-state index is 0. The zero-order valence-corrected chi connectivity index (χ0v) is 30.4. The number of H-pyrrole nitrogens is 2. The van der Waals surface area contributed by atoms with E-state index in [0.29, 0.717) is 23.7 Å². The van der Waals surface area contributed by atoms with Gasteiger partial charge in [0.2, 0.25) is 0 Å². The first-order valence-electron chi connectivity index (χ1n) is 17.6. The molecule has 4 nitrogen and oxygen atoms in total. The Bertz CT molecular complexity index is 1560. The Hall–Kier alpha value is -2.74.